The number of aromatic carboxylic acids is 1. The zero-order valence-electron chi connectivity index (χ0n) is 14.1. The van der Waals surface area contributed by atoms with E-state index in [1.54, 1.807) is 17.0 Å². The molecule has 1 N–H and O–H groups in total. The van der Waals surface area contributed by atoms with Crippen LogP contribution >= 0.6 is 0 Å². The first kappa shape index (κ1) is 17.7. The molecule has 1 amide bonds. The third kappa shape index (κ3) is 4.44. The highest BCUT2D eigenvalue weighted by molar-refractivity contribution is 5.94. The highest BCUT2D eigenvalue weighted by Crippen LogP contribution is 2.15. The molecule has 0 aliphatic carbocycles. The number of hydrogen-bond acceptors (Lipinski definition) is 2. The number of aryl methyl sites for hydroxylation is 1. The Bertz CT molecular complexity index is 697. The fourth-order valence-electron chi connectivity index (χ4n) is 2.71. The first-order valence-corrected chi connectivity index (χ1v) is 8.14. The second-order valence-corrected chi connectivity index (χ2v) is 5.99. The van der Waals surface area contributed by atoms with Gasteiger partial charge in [-0.15, -0.1) is 0 Å². The molecule has 0 heterocycles. The van der Waals surface area contributed by atoms with Crippen molar-refractivity contribution in [3.63, 3.8) is 0 Å². The van der Waals surface area contributed by atoms with Gasteiger partial charge in [0.2, 0.25) is 0 Å². The topological polar surface area (TPSA) is 57.6 Å². The summed E-state index contributed by atoms with van der Waals surface area (Å²) in [5, 5.41) is 9.21. The molecule has 0 radical (unpaired) electrons. The van der Waals surface area contributed by atoms with Gasteiger partial charge in [-0.1, -0.05) is 36.4 Å². The number of hydrogen-bond donors (Lipinski definition) is 1. The summed E-state index contributed by atoms with van der Waals surface area (Å²) >= 11 is 0. The van der Waals surface area contributed by atoms with Crippen molar-refractivity contribution in [1.29, 1.82) is 0 Å². The molecule has 0 saturated heterocycles. The lowest BCUT2D eigenvalue weighted by Gasteiger charge is -2.25. The van der Waals surface area contributed by atoms with Crippen LogP contribution in [0, 0.1) is 0 Å². The summed E-state index contributed by atoms with van der Waals surface area (Å²) in [5.41, 5.74) is 1.89. The van der Waals surface area contributed by atoms with E-state index < -0.39 is 5.97 Å². The monoisotopic (exact) mass is 325 g/mol. The smallest absolute Gasteiger partial charge is 0.335 e. The van der Waals surface area contributed by atoms with Crippen LogP contribution in [0.1, 0.15) is 46.0 Å². The van der Waals surface area contributed by atoms with Gasteiger partial charge in [-0.3, -0.25) is 4.79 Å². The maximum atomic E-state index is 12.4. The second-order valence-electron chi connectivity index (χ2n) is 5.99. The van der Waals surface area contributed by atoms with Crippen molar-refractivity contribution in [1.82, 2.24) is 4.90 Å². The Labute approximate surface area is 142 Å². The molecule has 4 heteroatoms. The average Bonchev–Trinajstić information content (AvgIpc) is 2.61. The first-order chi connectivity index (χ1) is 11.5. The zero-order chi connectivity index (χ0) is 17.5. The van der Waals surface area contributed by atoms with E-state index in [9.17, 15) is 14.7 Å². The van der Waals surface area contributed by atoms with Gasteiger partial charge in [0.25, 0.3) is 5.91 Å². The average molecular weight is 325 g/mol. The summed E-state index contributed by atoms with van der Waals surface area (Å²) in [5.74, 6) is -0.885. The lowest BCUT2D eigenvalue weighted by molar-refractivity contribution is 0.0694. The normalized spacial score (nSPS) is 11.8. The Kier molecular flexibility index (Phi) is 6.13. The molecule has 2 rings (SSSR count). The van der Waals surface area contributed by atoms with Gasteiger partial charge in [-0.25, -0.2) is 4.79 Å². The molecule has 4 nitrogen and oxygen atoms in total. The second kappa shape index (κ2) is 8.29. The maximum absolute atomic E-state index is 12.4. The van der Waals surface area contributed by atoms with Crippen LogP contribution in [0.2, 0.25) is 0 Å². The number of carbonyl (C=O) groups excluding carboxylic acids is 1. The molecule has 0 aliphatic rings. The molecule has 0 saturated carbocycles. The summed E-state index contributed by atoms with van der Waals surface area (Å²) in [7, 11) is 1.81. The maximum Gasteiger partial charge on any atom is 0.335 e. The van der Waals surface area contributed by atoms with Crippen molar-refractivity contribution in [3.8, 4) is 0 Å². The molecule has 1 unspecified atom stereocenters. The third-order valence-corrected chi connectivity index (χ3v) is 4.32. The highest BCUT2D eigenvalue weighted by atomic mass is 16.4. The Balaban J connectivity index is 1.90. The number of amides is 1. The van der Waals surface area contributed by atoms with Crippen molar-refractivity contribution >= 4 is 11.9 Å². The Morgan fingerprint density at radius 3 is 2.33 bits per heavy atom. The summed E-state index contributed by atoms with van der Waals surface area (Å²) in [6.45, 7) is 2.02. The van der Waals surface area contributed by atoms with Gasteiger partial charge in [0.1, 0.15) is 0 Å². The van der Waals surface area contributed by atoms with E-state index in [1.807, 2.05) is 56.4 Å². The van der Waals surface area contributed by atoms with Gasteiger partial charge in [0, 0.05) is 18.7 Å². The summed E-state index contributed by atoms with van der Waals surface area (Å²) < 4.78 is 0. The minimum absolute atomic E-state index is 0.00837. The van der Waals surface area contributed by atoms with Crippen LogP contribution < -0.4 is 0 Å². The number of carboxylic acid groups (broad SMARTS) is 1. The van der Waals surface area contributed by atoms with E-state index in [0.717, 1.165) is 18.4 Å². The molecular formula is C20H23NO3. The standard InChI is InChI=1S/C20H23NO3/c1-15(21(2)19(22)17-11-4-3-5-12-17)9-8-13-16-10-6-7-14-18(16)20(23)24/h3-7,10-12,14-15H,8-9,13H2,1-2H3,(H,23,24). The van der Waals surface area contributed by atoms with E-state index >= 15 is 0 Å². The number of carbonyl (C=O) groups is 2. The Hall–Kier alpha value is -2.62. The third-order valence-electron chi connectivity index (χ3n) is 4.32. The number of nitrogens with zero attached hydrogens (tertiary/aromatic N) is 1. The van der Waals surface area contributed by atoms with E-state index in [-0.39, 0.29) is 11.9 Å². The predicted molar refractivity (Wildman–Crippen MR) is 94.3 cm³/mol. The molecule has 2 aromatic carbocycles. The number of benzene rings is 2. The van der Waals surface area contributed by atoms with Gasteiger partial charge in [0.05, 0.1) is 5.56 Å². The van der Waals surface area contributed by atoms with E-state index in [0.29, 0.717) is 17.5 Å². The Morgan fingerprint density at radius 1 is 1.04 bits per heavy atom. The van der Waals surface area contributed by atoms with Crippen LogP contribution in [0.5, 0.6) is 0 Å². The fraction of sp³-hybridized carbons (Fsp3) is 0.300. The van der Waals surface area contributed by atoms with Crippen molar-refractivity contribution in [3.05, 3.63) is 71.3 Å². The summed E-state index contributed by atoms with van der Waals surface area (Å²) in [4.78, 5) is 25.4. The summed E-state index contributed by atoms with van der Waals surface area (Å²) in [6, 6.07) is 16.4. The van der Waals surface area contributed by atoms with Crippen LogP contribution in [0.3, 0.4) is 0 Å². The minimum Gasteiger partial charge on any atom is -0.478 e. The lowest BCUT2D eigenvalue weighted by Crippen LogP contribution is -2.35. The number of carboxylic acids is 1. The highest BCUT2D eigenvalue weighted by Gasteiger charge is 2.17. The number of rotatable bonds is 7. The van der Waals surface area contributed by atoms with Gasteiger partial charge in [0.15, 0.2) is 0 Å². The molecule has 0 aromatic heterocycles. The van der Waals surface area contributed by atoms with Gasteiger partial charge in [-0.05, 0) is 49.9 Å². The zero-order valence-corrected chi connectivity index (χ0v) is 14.1. The lowest BCUT2D eigenvalue weighted by atomic mass is 10.00. The quantitative estimate of drug-likeness (QED) is 0.841. The largest absolute Gasteiger partial charge is 0.478 e. The predicted octanol–water partition coefficient (Wildman–Crippen LogP) is 3.87. The fourth-order valence-corrected chi connectivity index (χ4v) is 2.71. The van der Waals surface area contributed by atoms with Crippen LogP contribution in [0.15, 0.2) is 54.6 Å². The molecule has 24 heavy (non-hydrogen) atoms. The van der Waals surface area contributed by atoms with Crippen molar-refractivity contribution < 1.29 is 14.7 Å². The van der Waals surface area contributed by atoms with E-state index in [4.69, 9.17) is 0 Å². The molecule has 1 atom stereocenters. The molecule has 0 spiro atoms. The first-order valence-electron chi connectivity index (χ1n) is 8.14. The van der Waals surface area contributed by atoms with Gasteiger partial charge < -0.3 is 10.0 Å². The van der Waals surface area contributed by atoms with Gasteiger partial charge in [-0.2, -0.15) is 0 Å². The van der Waals surface area contributed by atoms with Crippen LogP contribution in [0.4, 0.5) is 0 Å². The van der Waals surface area contributed by atoms with Crippen LogP contribution in [0.25, 0.3) is 0 Å². The van der Waals surface area contributed by atoms with E-state index in [2.05, 4.69) is 0 Å². The van der Waals surface area contributed by atoms with Gasteiger partial charge >= 0.3 is 5.97 Å². The SMILES string of the molecule is CC(CCCc1ccccc1C(=O)O)N(C)C(=O)c1ccccc1. The van der Waals surface area contributed by atoms with Crippen LogP contribution in [-0.2, 0) is 6.42 Å². The van der Waals surface area contributed by atoms with Crippen molar-refractivity contribution in [2.75, 3.05) is 7.05 Å². The molecule has 0 fully saturated rings. The Morgan fingerprint density at radius 2 is 1.67 bits per heavy atom. The molecule has 126 valence electrons. The molecular weight excluding hydrogens is 302 g/mol. The van der Waals surface area contributed by atoms with Crippen molar-refractivity contribution in [2.45, 2.75) is 32.2 Å². The summed E-state index contributed by atoms with van der Waals surface area (Å²) in [6.07, 6.45) is 2.35. The van der Waals surface area contributed by atoms with Crippen LogP contribution in [-0.4, -0.2) is 35.0 Å². The molecule has 0 bridgehead atoms. The van der Waals surface area contributed by atoms with E-state index in [1.165, 1.54) is 0 Å². The molecule has 2 aromatic rings. The van der Waals surface area contributed by atoms with Crippen molar-refractivity contribution in [2.24, 2.45) is 0 Å². The molecule has 0 aliphatic heterocycles. The minimum atomic E-state index is -0.893.